The van der Waals surface area contributed by atoms with Crippen LogP contribution < -0.4 is 14.8 Å². The summed E-state index contributed by atoms with van der Waals surface area (Å²) in [5.74, 6) is 1.55. The predicted molar refractivity (Wildman–Crippen MR) is 127 cm³/mol. The second kappa shape index (κ2) is 12.3. The highest BCUT2D eigenvalue weighted by Gasteiger charge is 2.08. The van der Waals surface area contributed by atoms with Gasteiger partial charge in [0, 0.05) is 12.6 Å². The van der Waals surface area contributed by atoms with Crippen LogP contribution in [-0.4, -0.2) is 13.2 Å². The highest BCUT2D eigenvalue weighted by molar-refractivity contribution is 5.85. The van der Waals surface area contributed by atoms with Crippen molar-refractivity contribution in [3.63, 3.8) is 0 Å². The second-order valence-electron chi connectivity index (χ2n) is 7.57. The van der Waals surface area contributed by atoms with E-state index in [0.717, 1.165) is 36.4 Å². The average molecular weight is 426 g/mol. The Bertz CT molecular complexity index is 899. The normalized spacial score (nSPS) is 11.4. The van der Waals surface area contributed by atoms with E-state index in [9.17, 15) is 0 Å². The fourth-order valence-corrected chi connectivity index (χ4v) is 3.33. The molecule has 3 aromatic rings. The van der Waals surface area contributed by atoms with E-state index in [1.54, 1.807) is 7.11 Å². The van der Waals surface area contributed by atoms with Crippen LogP contribution in [0.2, 0.25) is 0 Å². The van der Waals surface area contributed by atoms with Crippen LogP contribution in [0.15, 0.2) is 72.8 Å². The third-order valence-corrected chi connectivity index (χ3v) is 5.07. The summed E-state index contributed by atoms with van der Waals surface area (Å²) in [5, 5.41) is 3.61. The van der Waals surface area contributed by atoms with Gasteiger partial charge in [-0.3, -0.25) is 0 Å². The van der Waals surface area contributed by atoms with Crippen molar-refractivity contribution in [1.82, 2.24) is 5.32 Å². The van der Waals surface area contributed by atoms with Crippen LogP contribution in [0.3, 0.4) is 0 Å². The van der Waals surface area contributed by atoms with Gasteiger partial charge in [-0.15, -0.1) is 12.4 Å². The molecule has 0 aromatic heterocycles. The molecule has 0 amide bonds. The van der Waals surface area contributed by atoms with Gasteiger partial charge in [0.25, 0.3) is 0 Å². The van der Waals surface area contributed by atoms with E-state index in [4.69, 9.17) is 9.47 Å². The summed E-state index contributed by atoms with van der Waals surface area (Å²) in [6.07, 6.45) is 2.20. The van der Waals surface area contributed by atoms with E-state index in [1.807, 2.05) is 6.07 Å². The average Bonchev–Trinajstić information content (AvgIpc) is 2.75. The third-order valence-electron chi connectivity index (χ3n) is 5.07. The molecule has 0 saturated carbocycles. The molecule has 1 N–H and O–H groups in total. The van der Waals surface area contributed by atoms with E-state index in [1.165, 1.54) is 16.7 Å². The van der Waals surface area contributed by atoms with Crippen LogP contribution >= 0.6 is 12.4 Å². The van der Waals surface area contributed by atoms with E-state index >= 15 is 0 Å². The summed E-state index contributed by atoms with van der Waals surface area (Å²) in [7, 11) is 1.69. The largest absolute Gasteiger partial charge is 0.493 e. The number of nitrogens with one attached hydrogen (secondary N) is 1. The van der Waals surface area contributed by atoms with Gasteiger partial charge in [-0.25, -0.2) is 0 Å². The van der Waals surface area contributed by atoms with Crippen LogP contribution in [0.5, 0.6) is 11.5 Å². The molecule has 0 aliphatic heterocycles. The van der Waals surface area contributed by atoms with Crippen molar-refractivity contribution in [3.05, 3.63) is 95.1 Å². The SMILES string of the molecule is COc1cc(CNC(C)CCc2ccccc2)ccc1OCc1cccc(C)c1.Cl. The van der Waals surface area contributed by atoms with E-state index in [-0.39, 0.29) is 12.4 Å². The maximum atomic E-state index is 5.99. The van der Waals surface area contributed by atoms with Gasteiger partial charge in [-0.1, -0.05) is 66.2 Å². The van der Waals surface area contributed by atoms with E-state index in [0.29, 0.717) is 12.6 Å². The molecule has 30 heavy (non-hydrogen) atoms. The van der Waals surface area contributed by atoms with Crippen molar-refractivity contribution in [2.45, 2.75) is 45.9 Å². The molecule has 1 unspecified atom stereocenters. The highest BCUT2D eigenvalue weighted by atomic mass is 35.5. The molecule has 0 fully saturated rings. The molecule has 0 spiro atoms. The smallest absolute Gasteiger partial charge is 0.161 e. The number of halogens is 1. The Morgan fingerprint density at radius 3 is 2.33 bits per heavy atom. The van der Waals surface area contributed by atoms with E-state index < -0.39 is 0 Å². The number of benzene rings is 3. The Labute approximate surface area is 186 Å². The van der Waals surface area contributed by atoms with Gasteiger partial charge in [0.2, 0.25) is 0 Å². The number of aryl methyl sites for hydroxylation is 2. The van der Waals surface area contributed by atoms with Crippen molar-refractivity contribution in [2.24, 2.45) is 0 Å². The lowest BCUT2D eigenvalue weighted by molar-refractivity contribution is 0.284. The maximum absolute atomic E-state index is 5.99. The molecular formula is C26H32ClNO2. The van der Waals surface area contributed by atoms with Gasteiger partial charge in [0.05, 0.1) is 7.11 Å². The zero-order chi connectivity index (χ0) is 20.5. The van der Waals surface area contributed by atoms with Crippen LogP contribution in [0.1, 0.15) is 35.6 Å². The topological polar surface area (TPSA) is 30.5 Å². The van der Waals surface area contributed by atoms with Gasteiger partial charge >= 0.3 is 0 Å². The lowest BCUT2D eigenvalue weighted by atomic mass is 10.1. The van der Waals surface area contributed by atoms with Gasteiger partial charge < -0.3 is 14.8 Å². The van der Waals surface area contributed by atoms with Crippen molar-refractivity contribution in [3.8, 4) is 11.5 Å². The van der Waals surface area contributed by atoms with Crippen molar-refractivity contribution >= 4 is 12.4 Å². The van der Waals surface area contributed by atoms with E-state index in [2.05, 4.69) is 85.9 Å². The molecule has 0 bridgehead atoms. The molecule has 3 nitrogen and oxygen atoms in total. The summed E-state index contributed by atoms with van der Waals surface area (Å²) in [5.41, 5.74) is 4.97. The molecule has 3 aromatic carbocycles. The number of hydrogen-bond donors (Lipinski definition) is 1. The zero-order valence-corrected chi connectivity index (χ0v) is 18.9. The molecular weight excluding hydrogens is 394 g/mol. The molecule has 4 heteroatoms. The minimum atomic E-state index is 0. The quantitative estimate of drug-likeness (QED) is 0.424. The molecule has 0 heterocycles. The monoisotopic (exact) mass is 425 g/mol. The van der Waals surface area contributed by atoms with Crippen LogP contribution in [0, 0.1) is 6.92 Å². The summed E-state index contributed by atoms with van der Waals surface area (Å²) >= 11 is 0. The summed E-state index contributed by atoms with van der Waals surface area (Å²) < 4.78 is 11.5. The molecule has 160 valence electrons. The Balaban J connectivity index is 0.00000320. The van der Waals surface area contributed by atoms with Crippen LogP contribution in [0.25, 0.3) is 0 Å². The minimum absolute atomic E-state index is 0. The lowest BCUT2D eigenvalue weighted by Gasteiger charge is -2.16. The second-order valence-corrected chi connectivity index (χ2v) is 7.57. The molecule has 0 aliphatic carbocycles. The first-order valence-electron chi connectivity index (χ1n) is 10.3. The number of hydrogen-bond acceptors (Lipinski definition) is 3. The standard InChI is InChI=1S/C26H31NO2.ClH/c1-20-8-7-11-24(16-20)19-29-25-15-14-23(17-26(25)28-3)18-27-21(2)12-13-22-9-5-4-6-10-22;/h4-11,14-17,21,27H,12-13,18-19H2,1-3H3;1H. The molecule has 1 atom stereocenters. The first kappa shape index (κ1) is 23.8. The van der Waals surface area contributed by atoms with Crippen molar-refractivity contribution in [1.29, 1.82) is 0 Å². The first-order chi connectivity index (χ1) is 14.1. The summed E-state index contributed by atoms with van der Waals surface area (Å²) in [6.45, 7) is 5.67. The van der Waals surface area contributed by atoms with Gasteiger partial charge in [0.1, 0.15) is 6.61 Å². The Morgan fingerprint density at radius 2 is 1.60 bits per heavy atom. The number of ether oxygens (including phenoxy) is 2. The molecule has 3 rings (SSSR count). The molecule has 0 aliphatic rings. The highest BCUT2D eigenvalue weighted by Crippen LogP contribution is 2.29. The number of rotatable bonds is 10. The van der Waals surface area contributed by atoms with Crippen molar-refractivity contribution in [2.75, 3.05) is 7.11 Å². The Morgan fingerprint density at radius 1 is 0.833 bits per heavy atom. The maximum Gasteiger partial charge on any atom is 0.161 e. The molecule has 0 radical (unpaired) electrons. The zero-order valence-electron chi connectivity index (χ0n) is 18.1. The Hall–Kier alpha value is -2.49. The van der Waals surface area contributed by atoms with Crippen molar-refractivity contribution < 1.29 is 9.47 Å². The van der Waals surface area contributed by atoms with Gasteiger partial charge in [0.15, 0.2) is 11.5 Å². The fraction of sp³-hybridized carbons (Fsp3) is 0.308. The Kier molecular flexibility index (Phi) is 9.72. The van der Waals surface area contributed by atoms with Crippen LogP contribution in [0.4, 0.5) is 0 Å². The van der Waals surface area contributed by atoms with Gasteiger partial charge in [-0.05, 0) is 55.5 Å². The lowest BCUT2D eigenvalue weighted by Crippen LogP contribution is -2.26. The summed E-state index contributed by atoms with van der Waals surface area (Å²) in [6, 6.07) is 25.6. The molecule has 0 saturated heterocycles. The number of methoxy groups -OCH3 is 1. The first-order valence-corrected chi connectivity index (χ1v) is 10.3. The fourth-order valence-electron chi connectivity index (χ4n) is 3.33. The summed E-state index contributed by atoms with van der Waals surface area (Å²) in [4.78, 5) is 0. The predicted octanol–water partition coefficient (Wildman–Crippen LogP) is 6.12. The van der Waals surface area contributed by atoms with Crippen LogP contribution in [-0.2, 0) is 19.6 Å². The van der Waals surface area contributed by atoms with Gasteiger partial charge in [-0.2, -0.15) is 0 Å². The third kappa shape index (κ3) is 7.40. The minimum Gasteiger partial charge on any atom is -0.493 e.